The summed E-state index contributed by atoms with van der Waals surface area (Å²) in [6, 6.07) is 1.44. The highest BCUT2D eigenvalue weighted by atomic mass is 35.5. The van der Waals surface area contributed by atoms with Crippen molar-refractivity contribution in [2.45, 2.75) is 12.8 Å². The van der Waals surface area contributed by atoms with Gasteiger partial charge in [0.15, 0.2) is 0 Å². The van der Waals surface area contributed by atoms with E-state index in [1.165, 1.54) is 0 Å². The van der Waals surface area contributed by atoms with E-state index in [4.69, 9.17) is 16.7 Å². The molecule has 1 N–H and O–H groups in total. The summed E-state index contributed by atoms with van der Waals surface area (Å²) in [5.74, 6) is -1.23. The predicted octanol–water partition coefficient (Wildman–Crippen LogP) is 2.99. The zero-order valence-corrected chi connectivity index (χ0v) is 7.45. The van der Waals surface area contributed by atoms with Gasteiger partial charge in [-0.25, -0.2) is 4.39 Å². The summed E-state index contributed by atoms with van der Waals surface area (Å²) in [5, 5.41) is 8.15. The van der Waals surface area contributed by atoms with Crippen molar-refractivity contribution in [3.63, 3.8) is 0 Å². The van der Waals surface area contributed by atoms with Gasteiger partial charge >= 0.3 is 6.18 Å². The van der Waals surface area contributed by atoms with Crippen molar-refractivity contribution >= 4 is 11.6 Å². The van der Waals surface area contributed by atoms with Gasteiger partial charge in [0.05, 0.1) is 17.2 Å². The van der Waals surface area contributed by atoms with Crippen LogP contribution in [0.4, 0.5) is 17.6 Å². The molecule has 0 fully saturated rings. The molecule has 0 heterocycles. The molecule has 0 spiro atoms. The smallest absolute Gasteiger partial charge is 0.392 e. The molecule has 0 atom stereocenters. The Morgan fingerprint density at radius 1 is 1.29 bits per heavy atom. The highest BCUT2D eigenvalue weighted by molar-refractivity contribution is 6.30. The molecule has 1 rings (SSSR count). The van der Waals surface area contributed by atoms with Crippen molar-refractivity contribution in [3.8, 4) is 0 Å². The van der Waals surface area contributed by atoms with Gasteiger partial charge in [-0.15, -0.1) is 0 Å². The molecule has 0 amide bonds. The lowest BCUT2D eigenvalue weighted by atomic mass is 10.1. The lowest BCUT2D eigenvalue weighted by Gasteiger charge is -2.12. The third-order valence-electron chi connectivity index (χ3n) is 1.66. The summed E-state index contributed by atoms with van der Waals surface area (Å²) < 4.78 is 49.7. The topological polar surface area (TPSA) is 20.2 Å². The van der Waals surface area contributed by atoms with Crippen LogP contribution < -0.4 is 0 Å². The quantitative estimate of drug-likeness (QED) is 0.733. The Labute approximate surface area is 81.9 Å². The fourth-order valence-corrected chi connectivity index (χ4v) is 1.19. The van der Waals surface area contributed by atoms with Crippen LogP contribution in [0.1, 0.15) is 11.1 Å². The van der Waals surface area contributed by atoms with E-state index in [0.717, 1.165) is 6.07 Å². The van der Waals surface area contributed by atoms with Crippen molar-refractivity contribution in [1.29, 1.82) is 0 Å². The molecular formula is C8H5ClF4O. The van der Waals surface area contributed by atoms with Crippen LogP contribution in [-0.2, 0) is 12.8 Å². The zero-order valence-electron chi connectivity index (χ0n) is 6.70. The first-order valence-electron chi connectivity index (χ1n) is 3.53. The van der Waals surface area contributed by atoms with Crippen LogP contribution in [0.3, 0.4) is 0 Å². The molecule has 0 aliphatic carbocycles. The summed E-state index contributed by atoms with van der Waals surface area (Å²) in [5.41, 5.74) is -2.04. The SMILES string of the molecule is OCc1c(C(F)(F)F)ccc(Cl)c1F. The number of aliphatic hydroxyl groups is 1. The summed E-state index contributed by atoms with van der Waals surface area (Å²) in [6.07, 6.45) is -4.69. The Morgan fingerprint density at radius 3 is 2.29 bits per heavy atom. The molecule has 6 heteroatoms. The molecule has 0 saturated heterocycles. The van der Waals surface area contributed by atoms with Crippen molar-refractivity contribution in [2.75, 3.05) is 0 Å². The highest BCUT2D eigenvalue weighted by Gasteiger charge is 2.34. The van der Waals surface area contributed by atoms with E-state index in [2.05, 4.69) is 0 Å². The average molecular weight is 229 g/mol. The van der Waals surface area contributed by atoms with Crippen LogP contribution in [0, 0.1) is 5.82 Å². The van der Waals surface area contributed by atoms with Gasteiger partial charge < -0.3 is 5.11 Å². The van der Waals surface area contributed by atoms with Crippen LogP contribution in [-0.4, -0.2) is 5.11 Å². The van der Waals surface area contributed by atoms with E-state index in [1.807, 2.05) is 0 Å². The second-order valence-corrected chi connectivity index (χ2v) is 2.95. The van der Waals surface area contributed by atoms with Gasteiger partial charge in [-0.1, -0.05) is 11.6 Å². The van der Waals surface area contributed by atoms with Crippen LogP contribution in [0.2, 0.25) is 5.02 Å². The average Bonchev–Trinajstić information content (AvgIpc) is 2.07. The van der Waals surface area contributed by atoms with Crippen LogP contribution >= 0.6 is 11.6 Å². The minimum atomic E-state index is -4.69. The van der Waals surface area contributed by atoms with E-state index in [0.29, 0.717) is 6.07 Å². The van der Waals surface area contributed by atoms with E-state index >= 15 is 0 Å². The summed E-state index contributed by atoms with van der Waals surface area (Å²) in [6.45, 7) is -1.04. The molecule has 0 aromatic heterocycles. The fraction of sp³-hybridized carbons (Fsp3) is 0.250. The monoisotopic (exact) mass is 228 g/mol. The number of hydrogen-bond acceptors (Lipinski definition) is 1. The number of halogens is 5. The second-order valence-electron chi connectivity index (χ2n) is 2.54. The molecule has 78 valence electrons. The lowest BCUT2D eigenvalue weighted by molar-refractivity contribution is -0.138. The molecule has 0 aliphatic rings. The maximum Gasteiger partial charge on any atom is 0.416 e. The number of hydrogen-bond donors (Lipinski definition) is 1. The van der Waals surface area contributed by atoms with Gasteiger partial charge in [0, 0.05) is 5.56 Å². The Kier molecular flexibility index (Phi) is 3.01. The first-order chi connectivity index (χ1) is 6.38. The molecule has 1 aromatic carbocycles. The molecule has 14 heavy (non-hydrogen) atoms. The molecule has 1 aromatic rings. The fourth-order valence-electron chi connectivity index (χ4n) is 1.01. The van der Waals surface area contributed by atoms with Crippen LogP contribution in [0.25, 0.3) is 0 Å². The maximum absolute atomic E-state index is 13.0. The van der Waals surface area contributed by atoms with Crippen molar-refractivity contribution in [3.05, 3.63) is 34.1 Å². The predicted molar refractivity (Wildman–Crippen MR) is 42.3 cm³/mol. The van der Waals surface area contributed by atoms with Crippen molar-refractivity contribution in [2.24, 2.45) is 0 Å². The van der Waals surface area contributed by atoms with E-state index < -0.39 is 34.7 Å². The Balaban J connectivity index is 3.39. The van der Waals surface area contributed by atoms with Gasteiger partial charge in [0.1, 0.15) is 5.82 Å². The number of aliphatic hydroxyl groups excluding tert-OH is 1. The highest BCUT2D eigenvalue weighted by Crippen LogP contribution is 2.35. The molecule has 0 unspecified atom stereocenters. The van der Waals surface area contributed by atoms with Gasteiger partial charge in [-0.3, -0.25) is 0 Å². The first kappa shape index (κ1) is 11.3. The van der Waals surface area contributed by atoms with Gasteiger partial charge in [-0.05, 0) is 12.1 Å². The summed E-state index contributed by atoms with van der Waals surface area (Å²) in [7, 11) is 0. The molecular weight excluding hydrogens is 224 g/mol. The van der Waals surface area contributed by atoms with E-state index in [9.17, 15) is 17.6 Å². The first-order valence-corrected chi connectivity index (χ1v) is 3.90. The standard InChI is InChI=1S/C8H5ClF4O/c9-6-2-1-5(8(11,12)13)4(3-14)7(6)10/h1-2,14H,3H2. The minimum absolute atomic E-state index is 0.443. The van der Waals surface area contributed by atoms with Gasteiger partial charge in [0.2, 0.25) is 0 Å². The number of benzene rings is 1. The summed E-state index contributed by atoms with van der Waals surface area (Å²) >= 11 is 5.26. The lowest BCUT2D eigenvalue weighted by Crippen LogP contribution is -2.11. The van der Waals surface area contributed by atoms with Crippen LogP contribution in [0.5, 0.6) is 0 Å². The maximum atomic E-state index is 13.0. The van der Waals surface area contributed by atoms with E-state index in [-0.39, 0.29) is 0 Å². The number of rotatable bonds is 1. The molecule has 0 radical (unpaired) electrons. The molecule has 0 bridgehead atoms. The Hall–Kier alpha value is -0.810. The Morgan fingerprint density at radius 2 is 1.86 bits per heavy atom. The third kappa shape index (κ3) is 1.99. The van der Waals surface area contributed by atoms with Gasteiger partial charge in [0.25, 0.3) is 0 Å². The third-order valence-corrected chi connectivity index (χ3v) is 1.95. The van der Waals surface area contributed by atoms with Gasteiger partial charge in [-0.2, -0.15) is 13.2 Å². The van der Waals surface area contributed by atoms with Crippen LogP contribution in [0.15, 0.2) is 12.1 Å². The molecule has 1 nitrogen and oxygen atoms in total. The van der Waals surface area contributed by atoms with Crippen molar-refractivity contribution < 1.29 is 22.7 Å². The summed E-state index contributed by atoms with van der Waals surface area (Å²) in [4.78, 5) is 0. The molecule has 0 saturated carbocycles. The zero-order chi connectivity index (χ0) is 10.9. The Bertz CT molecular complexity index is 348. The second kappa shape index (κ2) is 3.74. The molecule has 0 aliphatic heterocycles. The van der Waals surface area contributed by atoms with Crippen molar-refractivity contribution in [1.82, 2.24) is 0 Å². The number of alkyl halides is 3. The van der Waals surface area contributed by atoms with E-state index in [1.54, 1.807) is 0 Å². The normalized spacial score (nSPS) is 11.9. The minimum Gasteiger partial charge on any atom is -0.392 e. The largest absolute Gasteiger partial charge is 0.416 e.